The molecule has 0 atom stereocenters. The maximum Gasteiger partial charge on any atom is 0.284 e. The van der Waals surface area contributed by atoms with Crippen LogP contribution in [0.5, 0.6) is 0 Å². The standard InChI is InChI=1S/C11H10NO4S/c13-9-8-12-17(15,16)11(14)7-6-10-4-2-1-3-5-10/h1-7,12H,8H2/b7-6+. The minimum atomic E-state index is -4.13. The molecule has 1 radical (unpaired) electrons. The van der Waals surface area contributed by atoms with Crippen molar-refractivity contribution in [2.45, 2.75) is 0 Å². The lowest BCUT2D eigenvalue weighted by Crippen LogP contribution is -2.30. The Balaban J connectivity index is 2.73. The van der Waals surface area contributed by atoms with Crippen LogP contribution in [0.3, 0.4) is 0 Å². The third-order valence-electron chi connectivity index (χ3n) is 1.81. The highest BCUT2D eigenvalue weighted by atomic mass is 32.2. The predicted molar refractivity (Wildman–Crippen MR) is 63.1 cm³/mol. The van der Waals surface area contributed by atoms with Crippen molar-refractivity contribution >= 4 is 27.5 Å². The van der Waals surface area contributed by atoms with Gasteiger partial charge < -0.3 is 0 Å². The lowest BCUT2D eigenvalue weighted by atomic mass is 10.2. The van der Waals surface area contributed by atoms with Gasteiger partial charge in [-0.1, -0.05) is 36.4 Å². The maximum atomic E-state index is 11.3. The van der Waals surface area contributed by atoms with Gasteiger partial charge in [0.1, 0.15) is 0 Å². The van der Waals surface area contributed by atoms with Crippen molar-refractivity contribution in [3.05, 3.63) is 42.0 Å². The number of benzene rings is 1. The van der Waals surface area contributed by atoms with E-state index in [9.17, 15) is 18.0 Å². The monoisotopic (exact) mass is 252 g/mol. The second-order valence-corrected chi connectivity index (χ2v) is 4.73. The van der Waals surface area contributed by atoms with Crippen molar-refractivity contribution in [2.75, 3.05) is 6.54 Å². The summed E-state index contributed by atoms with van der Waals surface area (Å²) in [7, 11) is -4.13. The van der Waals surface area contributed by atoms with Crippen LogP contribution in [0.15, 0.2) is 36.4 Å². The van der Waals surface area contributed by atoms with E-state index in [0.717, 1.165) is 6.08 Å². The second kappa shape index (κ2) is 6.07. The van der Waals surface area contributed by atoms with Crippen molar-refractivity contribution < 1.29 is 18.0 Å². The Morgan fingerprint density at radius 3 is 2.53 bits per heavy atom. The number of hydrogen-bond donors (Lipinski definition) is 1. The third kappa shape index (κ3) is 4.29. The summed E-state index contributed by atoms with van der Waals surface area (Å²) in [6.07, 6.45) is 3.65. The number of nitrogens with one attached hydrogen (secondary N) is 1. The summed E-state index contributed by atoms with van der Waals surface area (Å²) < 4.78 is 24.2. The first-order valence-electron chi connectivity index (χ1n) is 4.68. The van der Waals surface area contributed by atoms with Gasteiger partial charge in [0.05, 0.1) is 6.54 Å². The van der Waals surface area contributed by atoms with Gasteiger partial charge in [0.2, 0.25) is 6.29 Å². The first kappa shape index (κ1) is 13.3. The van der Waals surface area contributed by atoms with E-state index < -0.39 is 21.7 Å². The Kier molecular flexibility index (Phi) is 4.74. The molecule has 5 nitrogen and oxygen atoms in total. The van der Waals surface area contributed by atoms with Crippen LogP contribution in [0, 0.1) is 0 Å². The third-order valence-corrected chi connectivity index (χ3v) is 3.00. The number of sulfonamides is 1. The molecule has 1 rings (SSSR count). The molecule has 0 heterocycles. The van der Waals surface area contributed by atoms with E-state index in [1.165, 1.54) is 12.4 Å². The fraction of sp³-hybridized carbons (Fsp3) is 0.0909. The van der Waals surface area contributed by atoms with Gasteiger partial charge in [0, 0.05) is 0 Å². The van der Waals surface area contributed by atoms with Crippen LogP contribution in [0.4, 0.5) is 0 Å². The fourth-order valence-electron chi connectivity index (χ4n) is 1.01. The van der Waals surface area contributed by atoms with Crippen molar-refractivity contribution in [1.29, 1.82) is 0 Å². The minimum Gasteiger partial charge on any atom is -0.289 e. The second-order valence-electron chi connectivity index (χ2n) is 3.03. The molecule has 0 fully saturated rings. The van der Waals surface area contributed by atoms with Gasteiger partial charge in [-0.25, -0.2) is 13.1 Å². The molecule has 89 valence electrons. The van der Waals surface area contributed by atoms with Gasteiger partial charge in [-0.3, -0.25) is 9.59 Å². The average Bonchev–Trinajstić information content (AvgIpc) is 2.34. The zero-order chi connectivity index (χ0) is 12.7. The summed E-state index contributed by atoms with van der Waals surface area (Å²) in [5, 5.41) is -1.10. The molecule has 0 saturated heterocycles. The molecule has 1 aromatic rings. The lowest BCUT2D eigenvalue weighted by molar-refractivity contribution is -0.107. The quantitative estimate of drug-likeness (QED) is 0.762. The van der Waals surface area contributed by atoms with Crippen molar-refractivity contribution in [3.8, 4) is 0 Å². The van der Waals surface area contributed by atoms with E-state index in [1.807, 2.05) is 0 Å². The first-order valence-corrected chi connectivity index (χ1v) is 6.16. The number of carbonyl (C=O) groups excluding carboxylic acids is 2. The van der Waals surface area contributed by atoms with Crippen molar-refractivity contribution in [2.24, 2.45) is 0 Å². The SMILES string of the molecule is O=[C]CNS(=O)(=O)C(=O)/C=C/c1ccccc1. The fourth-order valence-corrected chi connectivity index (χ4v) is 1.65. The summed E-state index contributed by atoms with van der Waals surface area (Å²) in [5.41, 5.74) is 0.706. The molecular weight excluding hydrogens is 242 g/mol. The molecule has 0 aromatic heterocycles. The van der Waals surface area contributed by atoms with Gasteiger partial charge in [0.25, 0.3) is 15.1 Å². The van der Waals surface area contributed by atoms with E-state index in [-0.39, 0.29) is 0 Å². The Morgan fingerprint density at radius 1 is 1.29 bits per heavy atom. The summed E-state index contributed by atoms with van der Waals surface area (Å²) >= 11 is 0. The molecule has 0 aliphatic heterocycles. The van der Waals surface area contributed by atoms with Crippen LogP contribution in [-0.4, -0.2) is 26.4 Å². The summed E-state index contributed by atoms with van der Waals surface area (Å²) in [4.78, 5) is 21.1. The first-order chi connectivity index (χ1) is 8.06. The molecule has 17 heavy (non-hydrogen) atoms. The minimum absolute atomic E-state index is 0.534. The normalized spacial score (nSPS) is 11.5. The van der Waals surface area contributed by atoms with Gasteiger partial charge in [0.15, 0.2) is 0 Å². The molecule has 6 heteroatoms. The van der Waals surface area contributed by atoms with E-state index in [4.69, 9.17) is 0 Å². The molecule has 0 aliphatic rings. The van der Waals surface area contributed by atoms with Gasteiger partial charge in [-0.15, -0.1) is 0 Å². The largest absolute Gasteiger partial charge is 0.289 e. The highest BCUT2D eigenvalue weighted by Gasteiger charge is 2.17. The number of hydrogen-bond acceptors (Lipinski definition) is 4. The zero-order valence-electron chi connectivity index (χ0n) is 8.79. The lowest BCUT2D eigenvalue weighted by Gasteiger charge is -1.97. The average molecular weight is 252 g/mol. The van der Waals surface area contributed by atoms with Crippen molar-refractivity contribution in [1.82, 2.24) is 4.72 Å². The number of rotatable bonds is 5. The molecule has 0 saturated carbocycles. The molecule has 1 aromatic carbocycles. The van der Waals surface area contributed by atoms with Crippen LogP contribution in [0.2, 0.25) is 0 Å². The molecule has 0 unspecified atom stereocenters. The molecule has 0 amide bonds. The highest BCUT2D eigenvalue weighted by molar-refractivity contribution is 8.04. The maximum absolute atomic E-state index is 11.3. The molecular formula is C11H10NO4S. The Hall–Kier alpha value is -1.79. The Morgan fingerprint density at radius 2 is 1.94 bits per heavy atom. The topological polar surface area (TPSA) is 80.3 Å². The molecule has 0 bridgehead atoms. The molecule has 1 N–H and O–H groups in total. The van der Waals surface area contributed by atoms with E-state index in [0.29, 0.717) is 5.56 Å². The summed E-state index contributed by atoms with van der Waals surface area (Å²) in [5.74, 6) is 0. The summed E-state index contributed by atoms with van der Waals surface area (Å²) in [6.45, 7) is -0.534. The Bertz CT molecular complexity index is 520. The Labute approximate surface area is 99.2 Å². The van der Waals surface area contributed by atoms with E-state index in [1.54, 1.807) is 35.1 Å². The smallest absolute Gasteiger partial charge is 0.284 e. The molecule has 0 spiro atoms. The van der Waals surface area contributed by atoms with E-state index in [2.05, 4.69) is 0 Å². The van der Waals surface area contributed by atoms with Gasteiger partial charge in [-0.05, 0) is 11.6 Å². The van der Waals surface area contributed by atoms with E-state index >= 15 is 0 Å². The van der Waals surface area contributed by atoms with Crippen LogP contribution < -0.4 is 4.72 Å². The molecule has 0 aliphatic carbocycles. The van der Waals surface area contributed by atoms with Crippen LogP contribution in [-0.2, 0) is 19.6 Å². The van der Waals surface area contributed by atoms with Gasteiger partial charge >= 0.3 is 0 Å². The van der Waals surface area contributed by atoms with Gasteiger partial charge in [-0.2, -0.15) is 0 Å². The van der Waals surface area contributed by atoms with Crippen LogP contribution in [0.25, 0.3) is 6.08 Å². The number of carbonyl (C=O) groups is 1. The van der Waals surface area contributed by atoms with Crippen molar-refractivity contribution in [3.63, 3.8) is 0 Å². The highest BCUT2D eigenvalue weighted by Crippen LogP contribution is 2.02. The van der Waals surface area contributed by atoms with Crippen LogP contribution in [0.1, 0.15) is 5.56 Å². The summed E-state index contributed by atoms with van der Waals surface area (Å²) in [6, 6.07) is 8.78. The predicted octanol–water partition coefficient (Wildman–Crippen LogP) is 0.255. The van der Waals surface area contributed by atoms with Crippen LogP contribution >= 0.6 is 0 Å². The zero-order valence-corrected chi connectivity index (χ0v) is 9.61.